The van der Waals surface area contributed by atoms with Crippen LogP contribution in [0.1, 0.15) is 61.8 Å². The molecule has 0 radical (unpaired) electrons. The first-order chi connectivity index (χ1) is 10.7. The highest BCUT2D eigenvalue weighted by atomic mass is 16.1. The third kappa shape index (κ3) is 5.13. The van der Waals surface area contributed by atoms with E-state index in [0.717, 1.165) is 25.2 Å². The summed E-state index contributed by atoms with van der Waals surface area (Å²) < 4.78 is 0. The smallest absolute Gasteiger partial charge is 0.270 e. The molecule has 2 N–H and O–H groups in total. The molecule has 0 unspecified atom stereocenters. The molecule has 1 aromatic rings. The van der Waals surface area contributed by atoms with Crippen LogP contribution in [0.4, 0.5) is 5.82 Å². The second kappa shape index (κ2) is 8.51. The Bertz CT molecular complexity index is 539. The van der Waals surface area contributed by atoms with Crippen molar-refractivity contribution in [2.75, 3.05) is 18.4 Å². The molecule has 0 saturated heterocycles. The summed E-state index contributed by atoms with van der Waals surface area (Å²) in [5, 5.41) is 6.16. The molecular weight excluding hydrogens is 276 g/mol. The molecule has 1 heterocycles. The van der Waals surface area contributed by atoms with Crippen LogP contribution in [-0.2, 0) is 0 Å². The molecule has 1 amide bonds. The third-order valence-electron chi connectivity index (χ3n) is 3.74. The number of allylic oxidation sites excluding steroid dienone is 1. The van der Waals surface area contributed by atoms with Gasteiger partial charge < -0.3 is 10.6 Å². The minimum atomic E-state index is -0.134. The van der Waals surface area contributed by atoms with E-state index in [1.165, 1.54) is 31.3 Å². The first kappa shape index (κ1) is 16.5. The van der Waals surface area contributed by atoms with E-state index < -0.39 is 0 Å². The van der Waals surface area contributed by atoms with E-state index in [9.17, 15) is 4.79 Å². The summed E-state index contributed by atoms with van der Waals surface area (Å²) in [4.78, 5) is 20.6. The van der Waals surface area contributed by atoms with Crippen LogP contribution >= 0.6 is 0 Å². The summed E-state index contributed by atoms with van der Waals surface area (Å²) in [7, 11) is 0. The van der Waals surface area contributed by atoms with Gasteiger partial charge in [-0.15, -0.1) is 0 Å². The van der Waals surface area contributed by atoms with Crippen molar-refractivity contribution in [1.82, 2.24) is 15.3 Å². The van der Waals surface area contributed by atoms with Crippen LogP contribution in [0.2, 0.25) is 0 Å². The number of anilines is 1. The molecule has 22 heavy (non-hydrogen) atoms. The Kier molecular flexibility index (Phi) is 6.37. The summed E-state index contributed by atoms with van der Waals surface area (Å²) in [6.45, 7) is 5.35. The number of carbonyl (C=O) groups is 1. The maximum absolute atomic E-state index is 12.0. The fraction of sp³-hybridized carbons (Fsp3) is 0.588. The number of hydrogen-bond donors (Lipinski definition) is 2. The number of carbonyl (C=O) groups excluding carboxylic acids is 1. The van der Waals surface area contributed by atoms with Crippen molar-refractivity contribution < 1.29 is 4.79 Å². The zero-order valence-corrected chi connectivity index (χ0v) is 13.6. The van der Waals surface area contributed by atoms with Crippen LogP contribution in [0.25, 0.3) is 0 Å². The second-order valence-electron chi connectivity index (χ2n) is 5.73. The Morgan fingerprint density at radius 1 is 1.27 bits per heavy atom. The van der Waals surface area contributed by atoms with Crippen LogP contribution in [0.15, 0.2) is 17.7 Å². The summed E-state index contributed by atoms with van der Waals surface area (Å²) in [5.41, 5.74) is 1.96. The summed E-state index contributed by atoms with van der Waals surface area (Å²) in [6.07, 6.45) is 9.37. The Hall–Kier alpha value is -1.91. The molecule has 5 heteroatoms. The van der Waals surface area contributed by atoms with Crippen LogP contribution in [-0.4, -0.2) is 29.0 Å². The Labute approximate surface area is 132 Å². The quantitative estimate of drug-likeness (QED) is 0.759. The lowest BCUT2D eigenvalue weighted by atomic mass is 9.97. The van der Waals surface area contributed by atoms with Gasteiger partial charge in [0.05, 0.1) is 0 Å². The molecule has 0 bridgehead atoms. The fourth-order valence-electron chi connectivity index (χ4n) is 2.59. The summed E-state index contributed by atoms with van der Waals surface area (Å²) in [6, 6.07) is 1.73. The monoisotopic (exact) mass is 302 g/mol. The van der Waals surface area contributed by atoms with E-state index in [1.807, 2.05) is 13.8 Å². The molecule has 0 fully saturated rings. The Morgan fingerprint density at radius 3 is 2.86 bits per heavy atom. The molecule has 0 atom stereocenters. The molecule has 0 aromatic carbocycles. The lowest BCUT2D eigenvalue weighted by Crippen LogP contribution is -2.25. The van der Waals surface area contributed by atoms with Gasteiger partial charge in [-0.05, 0) is 45.4 Å². The lowest BCUT2D eigenvalue weighted by molar-refractivity contribution is 0.0948. The van der Waals surface area contributed by atoms with Gasteiger partial charge in [0, 0.05) is 19.2 Å². The first-order valence-corrected chi connectivity index (χ1v) is 8.24. The highest BCUT2D eigenvalue weighted by molar-refractivity contribution is 5.92. The maximum Gasteiger partial charge on any atom is 0.270 e. The predicted molar refractivity (Wildman–Crippen MR) is 89.1 cm³/mol. The molecule has 5 nitrogen and oxygen atoms in total. The van der Waals surface area contributed by atoms with Crippen molar-refractivity contribution in [3.05, 3.63) is 29.2 Å². The van der Waals surface area contributed by atoms with Crippen LogP contribution < -0.4 is 10.6 Å². The molecular formula is C17H26N4O. The van der Waals surface area contributed by atoms with E-state index in [2.05, 4.69) is 26.7 Å². The number of aromatic nitrogens is 2. The van der Waals surface area contributed by atoms with E-state index in [-0.39, 0.29) is 5.91 Å². The number of hydrogen-bond acceptors (Lipinski definition) is 4. The number of nitrogens with one attached hydrogen (secondary N) is 2. The minimum absolute atomic E-state index is 0.134. The van der Waals surface area contributed by atoms with E-state index in [0.29, 0.717) is 18.1 Å². The number of amides is 1. The van der Waals surface area contributed by atoms with Crippen molar-refractivity contribution in [3.63, 3.8) is 0 Å². The van der Waals surface area contributed by atoms with Gasteiger partial charge in [0.15, 0.2) is 0 Å². The Balaban J connectivity index is 1.91. The predicted octanol–water partition coefficient (Wildman–Crippen LogP) is 3.23. The van der Waals surface area contributed by atoms with E-state index in [4.69, 9.17) is 0 Å². The zero-order valence-electron chi connectivity index (χ0n) is 13.6. The van der Waals surface area contributed by atoms with E-state index in [1.54, 1.807) is 6.07 Å². The van der Waals surface area contributed by atoms with Crippen LogP contribution in [0.3, 0.4) is 0 Å². The van der Waals surface area contributed by atoms with Crippen molar-refractivity contribution in [2.24, 2.45) is 0 Å². The molecule has 1 aliphatic carbocycles. The SMILES string of the molecule is CCCNC(=O)c1cc(NCCC2=CCCCC2)nc(C)n1. The average Bonchev–Trinajstić information content (AvgIpc) is 2.53. The number of aryl methyl sites for hydroxylation is 1. The topological polar surface area (TPSA) is 66.9 Å². The lowest BCUT2D eigenvalue weighted by Gasteiger charge is -2.13. The van der Waals surface area contributed by atoms with E-state index >= 15 is 0 Å². The van der Waals surface area contributed by atoms with Gasteiger partial charge in [0.2, 0.25) is 0 Å². The zero-order chi connectivity index (χ0) is 15.8. The van der Waals surface area contributed by atoms with Gasteiger partial charge in [-0.2, -0.15) is 0 Å². The highest BCUT2D eigenvalue weighted by Crippen LogP contribution is 2.20. The number of nitrogens with zero attached hydrogens (tertiary/aromatic N) is 2. The molecule has 2 rings (SSSR count). The molecule has 0 spiro atoms. The minimum Gasteiger partial charge on any atom is -0.370 e. The van der Waals surface area contributed by atoms with Gasteiger partial charge in [-0.3, -0.25) is 4.79 Å². The van der Waals surface area contributed by atoms with Crippen molar-refractivity contribution in [3.8, 4) is 0 Å². The molecule has 1 aliphatic rings. The number of rotatable bonds is 7. The largest absolute Gasteiger partial charge is 0.370 e. The van der Waals surface area contributed by atoms with Gasteiger partial charge in [-0.25, -0.2) is 9.97 Å². The van der Waals surface area contributed by atoms with Crippen molar-refractivity contribution >= 4 is 11.7 Å². The van der Waals surface area contributed by atoms with Gasteiger partial charge in [0.25, 0.3) is 5.91 Å². The normalized spacial score (nSPS) is 14.4. The molecule has 120 valence electrons. The molecule has 0 aliphatic heterocycles. The standard InChI is InChI=1S/C17H26N4O/c1-3-10-19-17(22)15-12-16(21-13(2)20-15)18-11-9-14-7-5-4-6-8-14/h7,12H,3-6,8-11H2,1-2H3,(H,19,22)(H,18,20,21). The summed E-state index contributed by atoms with van der Waals surface area (Å²) >= 11 is 0. The summed E-state index contributed by atoms with van der Waals surface area (Å²) in [5.74, 6) is 1.21. The van der Waals surface area contributed by atoms with Gasteiger partial charge in [0.1, 0.15) is 17.3 Å². The molecule has 1 aromatic heterocycles. The first-order valence-electron chi connectivity index (χ1n) is 8.24. The second-order valence-corrected chi connectivity index (χ2v) is 5.73. The average molecular weight is 302 g/mol. The van der Waals surface area contributed by atoms with Crippen molar-refractivity contribution in [2.45, 2.75) is 52.4 Å². The third-order valence-corrected chi connectivity index (χ3v) is 3.74. The maximum atomic E-state index is 12.0. The highest BCUT2D eigenvalue weighted by Gasteiger charge is 2.10. The van der Waals surface area contributed by atoms with Crippen LogP contribution in [0.5, 0.6) is 0 Å². The fourth-order valence-corrected chi connectivity index (χ4v) is 2.59. The van der Waals surface area contributed by atoms with Gasteiger partial charge in [-0.1, -0.05) is 18.6 Å². The van der Waals surface area contributed by atoms with Crippen molar-refractivity contribution in [1.29, 1.82) is 0 Å². The molecule has 0 saturated carbocycles. The van der Waals surface area contributed by atoms with Crippen LogP contribution in [0, 0.1) is 6.92 Å². The Morgan fingerprint density at radius 2 is 2.14 bits per heavy atom. The van der Waals surface area contributed by atoms with Gasteiger partial charge >= 0.3 is 0 Å².